The molecule has 60 heavy (non-hydrogen) atoms. The van der Waals surface area contributed by atoms with Gasteiger partial charge in [-0.2, -0.15) is 0 Å². The van der Waals surface area contributed by atoms with Crippen molar-refractivity contribution in [3.63, 3.8) is 0 Å². The second kappa shape index (κ2) is 13.8. The predicted molar refractivity (Wildman–Crippen MR) is 248 cm³/mol. The van der Waals surface area contributed by atoms with Gasteiger partial charge >= 0.3 is 0 Å². The summed E-state index contributed by atoms with van der Waals surface area (Å²) in [5.41, 5.74) is 11.9. The molecule has 5 heteroatoms. The average Bonchev–Trinajstić information content (AvgIpc) is 3.85. The number of hydrogen-bond donors (Lipinski definition) is 0. The van der Waals surface area contributed by atoms with E-state index in [1.165, 1.54) is 38.1 Å². The lowest BCUT2D eigenvalue weighted by Crippen LogP contribution is -2.02. The topological polar surface area (TPSA) is 48.5 Å². The molecule has 12 aromatic rings. The lowest BCUT2D eigenvalue weighted by molar-refractivity contribution is 1.07. The van der Waals surface area contributed by atoms with Crippen molar-refractivity contribution in [2.24, 2.45) is 0 Å². The zero-order valence-electron chi connectivity index (χ0n) is 32.4. The monoisotopic (exact) mass is 765 g/mol. The highest BCUT2D eigenvalue weighted by atomic mass is 15.0. The minimum atomic E-state index is 0.623. The highest BCUT2D eigenvalue weighted by Gasteiger charge is 2.22. The fraction of sp³-hybridized carbons (Fsp3) is 0. The Morgan fingerprint density at radius 3 is 1.33 bits per heavy atom. The standard InChI is InChI=1S/C55H35N5/c1-4-16-36(17-5-1)37-28-30-39(31-29-37)54-56-53(38-18-6-2-7-19-38)57-55(58-54)46-35-42(34-40-20-10-11-23-43(40)46)60-48-27-15-13-25-45(48)52-50(60)33-32-49-51(52)44-24-12-14-26-47(44)59(49)41-21-8-3-9-22-41/h1-35H. The number of para-hydroxylation sites is 3. The summed E-state index contributed by atoms with van der Waals surface area (Å²) >= 11 is 0. The lowest BCUT2D eigenvalue weighted by atomic mass is 10.0. The van der Waals surface area contributed by atoms with E-state index in [9.17, 15) is 0 Å². The molecule has 3 heterocycles. The zero-order chi connectivity index (χ0) is 39.6. The minimum Gasteiger partial charge on any atom is -0.309 e. The maximum atomic E-state index is 5.27. The van der Waals surface area contributed by atoms with Crippen molar-refractivity contribution in [3.05, 3.63) is 212 Å². The first kappa shape index (κ1) is 33.9. The highest BCUT2D eigenvalue weighted by molar-refractivity contribution is 6.29. The van der Waals surface area contributed by atoms with Gasteiger partial charge in [0.25, 0.3) is 0 Å². The number of aromatic nitrogens is 5. The Morgan fingerprint density at radius 2 is 0.717 bits per heavy atom. The molecule has 9 aromatic carbocycles. The van der Waals surface area contributed by atoms with Crippen LogP contribution in [-0.4, -0.2) is 24.1 Å². The molecule has 0 atom stereocenters. The molecule has 0 saturated heterocycles. The molecule has 0 spiro atoms. The van der Waals surface area contributed by atoms with Crippen LogP contribution in [-0.2, 0) is 0 Å². The van der Waals surface area contributed by atoms with Crippen LogP contribution in [0.2, 0.25) is 0 Å². The first-order chi connectivity index (χ1) is 29.8. The third-order valence-electron chi connectivity index (χ3n) is 11.7. The molecule has 0 fully saturated rings. The Morgan fingerprint density at radius 1 is 0.283 bits per heavy atom. The van der Waals surface area contributed by atoms with Crippen LogP contribution in [0.3, 0.4) is 0 Å². The van der Waals surface area contributed by atoms with Gasteiger partial charge in [0.15, 0.2) is 17.5 Å². The van der Waals surface area contributed by atoms with Gasteiger partial charge in [-0.05, 0) is 70.4 Å². The van der Waals surface area contributed by atoms with E-state index in [1.54, 1.807) is 0 Å². The van der Waals surface area contributed by atoms with Gasteiger partial charge < -0.3 is 9.13 Å². The molecule has 0 unspecified atom stereocenters. The summed E-state index contributed by atoms with van der Waals surface area (Å²) < 4.78 is 4.80. The molecule has 0 aliphatic heterocycles. The first-order valence-electron chi connectivity index (χ1n) is 20.3. The smallest absolute Gasteiger partial charge is 0.164 e. The Labute approximate surface area is 346 Å². The molecule has 0 N–H and O–H groups in total. The Kier molecular flexibility index (Phi) is 7.78. The summed E-state index contributed by atoms with van der Waals surface area (Å²) in [6.45, 7) is 0. The molecule has 12 rings (SSSR count). The predicted octanol–water partition coefficient (Wildman–Crippen LogP) is 13.9. The summed E-state index contributed by atoms with van der Waals surface area (Å²) in [6.07, 6.45) is 0. The van der Waals surface area contributed by atoms with Gasteiger partial charge in [-0.15, -0.1) is 0 Å². The summed E-state index contributed by atoms with van der Waals surface area (Å²) in [5.74, 6) is 1.88. The van der Waals surface area contributed by atoms with Crippen LogP contribution in [0, 0.1) is 0 Å². The molecule has 0 saturated carbocycles. The van der Waals surface area contributed by atoms with E-state index in [1.807, 2.05) is 24.3 Å². The molecule has 0 amide bonds. The molecule has 0 aliphatic carbocycles. The van der Waals surface area contributed by atoms with E-state index in [4.69, 9.17) is 15.0 Å². The maximum Gasteiger partial charge on any atom is 0.164 e. The Balaban J connectivity index is 1.11. The van der Waals surface area contributed by atoms with E-state index in [-0.39, 0.29) is 0 Å². The van der Waals surface area contributed by atoms with Gasteiger partial charge in [-0.1, -0.05) is 164 Å². The van der Waals surface area contributed by atoms with E-state index >= 15 is 0 Å². The molecule has 0 aliphatic rings. The van der Waals surface area contributed by atoms with Crippen LogP contribution in [0.4, 0.5) is 0 Å². The third kappa shape index (κ3) is 5.44. The van der Waals surface area contributed by atoms with Gasteiger partial charge in [0, 0.05) is 49.6 Å². The summed E-state index contributed by atoms with van der Waals surface area (Å²) in [5, 5.41) is 7.09. The molecular weight excluding hydrogens is 731 g/mol. The quantitative estimate of drug-likeness (QED) is 0.169. The van der Waals surface area contributed by atoms with Crippen molar-refractivity contribution < 1.29 is 0 Å². The van der Waals surface area contributed by atoms with Crippen LogP contribution in [0.1, 0.15) is 0 Å². The summed E-state index contributed by atoms with van der Waals surface area (Å²) in [4.78, 5) is 15.6. The molecule has 0 radical (unpaired) electrons. The van der Waals surface area contributed by atoms with Crippen molar-refractivity contribution in [1.82, 2.24) is 24.1 Å². The van der Waals surface area contributed by atoms with E-state index < -0.39 is 0 Å². The van der Waals surface area contributed by atoms with Crippen molar-refractivity contribution in [2.45, 2.75) is 0 Å². The second-order valence-electron chi connectivity index (χ2n) is 15.2. The van der Waals surface area contributed by atoms with Crippen LogP contribution in [0.5, 0.6) is 0 Å². The normalized spacial score (nSPS) is 11.7. The van der Waals surface area contributed by atoms with Crippen molar-refractivity contribution in [3.8, 4) is 56.7 Å². The van der Waals surface area contributed by atoms with Gasteiger partial charge in [0.1, 0.15) is 0 Å². The summed E-state index contributed by atoms with van der Waals surface area (Å²) in [6, 6.07) is 75.0. The van der Waals surface area contributed by atoms with Gasteiger partial charge in [0.2, 0.25) is 0 Å². The van der Waals surface area contributed by atoms with Gasteiger partial charge in [-0.3, -0.25) is 0 Å². The average molecular weight is 766 g/mol. The van der Waals surface area contributed by atoms with Crippen molar-refractivity contribution in [1.29, 1.82) is 0 Å². The van der Waals surface area contributed by atoms with Crippen LogP contribution < -0.4 is 0 Å². The second-order valence-corrected chi connectivity index (χ2v) is 15.2. The number of benzene rings is 9. The molecule has 3 aromatic heterocycles. The molecule has 280 valence electrons. The van der Waals surface area contributed by atoms with E-state index in [0.29, 0.717) is 17.5 Å². The SMILES string of the molecule is c1ccc(-c2ccc(-c3nc(-c4ccccc4)nc(-c4cc(-n5c6ccccc6c6c7c8ccccc8n(-c8ccccc8)c7ccc65)cc5ccccc45)n3)cc2)cc1. The third-order valence-corrected chi connectivity index (χ3v) is 11.7. The maximum absolute atomic E-state index is 5.27. The molecule has 5 nitrogen and oxygen atoms in total. The number of rotatable bonds is 6. The number of hydrogen-bond acceptors (Lipinski definition) is 3. The fourth-order valence-electron chi connectivity index (χ4n) is 9.04. The van der Waals surface area contributed by atoms with Crippen LogP contribution >= 0.6 is 0 Å². The minimum absolute atomic E-state index is 0.623. The molecule has 0 bridgehead atoms. The Hall–Kier alpha value is -8.15. The van der Waals surface area contributed by atoms with E-state index in [0.717, 1.165) is 55.4 Å². The zero-order valence-corrected chi connectivity index (χ0v) is 32.4. The van der Waals surface area contributed by atoms with Crippen LogP contribution in [0.15, 0.2) is 212 Å². The Bertz CT molecular complexity index is 3570. The number of fused-ring (bicyclic) bond motifs is 8. The van der Waals surface area contributed by atoms with Gasteiger partial charge in [-0.25, -0.2) is 15.0 Å². The lowest BCUT2D eigenvalue weighted by Gasteiger charge is -2.14. The highest BCUT2D eigenvalue weighted by Crippen LogP contribution is 2.43. The van der Waals surface area contributed by atoms with Crippen molar-refractivity contribution >= 4 is 54.4 Å². The fourth-order valence-corrected chi connectivity index (χ4v) is 9.04. The largest absolute Gasteiger partial charge is 0.309 e. The van der Waals surface area contributed by atoms with Crippen molar-refractivity contribution in [2.75, 3.05) is 0 Å². The van der Waals surface area contributed by atoms with E-state index in [2.05, 4.69) is 197 Å². The summed E-state index contributed by atoms with van der Waals surface area (Å²) in [7, 11) is 0. The number of nitrogens with zero attached hydrogens (tertiary/aromatic N) is 5. The van der Waals surface area contributed by atoms with Crippen LogP contribution in [0.25, 0.3) is 111 Å². The first-order valence-corrected chi connectivity index (χ1v) is 20.3. The van der Waals surface area contributed by atoms with Gasteiger partial charge in [0.05, 0.1) is 22.1 Å². The molecular formula is C55H35N5.